The molecule has 0 saturated carbocycles. The number of aromatic carboxylic acids is 1. The van der Waals surface area contributed by atoms with E-state index in [-0.39, 0.29) is 12.2 Å². The van der Waals surface area contributed by atoms with E-state index in [0.717, 1.165) is 77.6 Å². The average Bonchev–Trinajstić information content (AvgIpc) is 3.49. The van der Waals surface area contributed by atoms with Gasteiger partial charge in [-0.15, -0.1) is 0 Å². The van der Waals surface area contributed by atoms with Crippen LogP contribution in [0, 0.1) is 11.6 Å². The largest absolute Gasteiger partial charge is 0.491 e. The smallest absolute Gasteiger partial charge is 0.341 e. The highest BCUT2D eigenvalue weighted by molar-refractivity contribution is 5.89. The van der Waals surface area contributed by atoms with Gasteiger partial charge >= 0.3 is 5.97 Å². The molecule has 1 heterocycles. The first-order valence-electron chi connectivity index (χ1n) is 17.6. The minimum atomic E-state index is -1.63. The average molecular weight is 693 g/mol. The van der Waals surface area contributed by atoms with Crippen molar-refractivity contribution in [1.82, 2.24) is 4.57 Å². The van der Waals surface area contributed by atoms with E-state index in [0.29, 0.717) is 17.8 Å². The fourth-order valence-corrected chi connectivity index (χ4v) is 6.01. The minimum Gasteiger partial charge on any atom is -0.491 e. The quantitative estimate of drug-likeness (QED) is 0.104. The first-order chi connectivity index (χ1) is 24.5. The van der Waals surface area contributed by atoms with Crippen molar-refractivity contribution in [1.29, 1.82) is 0 Å². The predicted molar refractivity (Wildman–Crippen MR) is 202 cm³/mol. The van der Waals surface area contributed by atoms with Crippen LogP contribution in [0.1, 0.15) is 81.9 Å². The van der Waals surface area contributed by atoms with Crippen LogP contribution < -0.4 is 14.4 Å². The van der Waals surface area contributed by atoms with Crippen molar-refractivity contribution in [3.63, 3.8) is 0 Å². The van der Waals surface area contributed by atoms with E-state index in [1.54, 1.807) is 0 Å². The molecular weight excluding hydrogens is 646 g/mol. The summed E-state index contributed by atoms with van der Waals surface area (Å²) in [4.78, 5) is 13.5. The van der Waals surface area contributed by atoms with Gasteiger partial charge in [0.05, 0.1) is 12.2 Å². The lowest BCUT2D eigenvalue weighted by atomic mass is 10.1. The maximum atomic E-state index is 14.7. The number of hydrogen-bond donors (Lipinski definition) is 1. The molecule has 0 bridgehead atoms. The molecule has 1 N–H and O–H groups in total. The Balaban J connectivity index is 1.44. The number of unbranched alkanes of at least 4 members (excludes halogenated alkanes) is 3. The molecule has 0 aliphatic heterocycles. The predicted octanol–water partition coefficient (Wildman–Crippen LogP) is 11.9. The fourth-order valence-electron chi connectivity index (χ4n) is 6.01. The molecule has 0 aliphatic carbocycles. The number of halogens is 2. The number of benzene rings is 4. The van der Waals surface area contributed by atoms with Crippen molar-refractivity contribution in [3.8, 4) is 22.8 Å². The van der Waals surface area contributed by atoms with Crippen LogP contribution in [0.3, 0.4) is 0 Å². The molecule has 0 fully saturated rings. The molecular formula is C43H46F2N2O4. The van der Waals surface area contributed by atoms with Crippen LogP contribution in [-0.4, -0.2) is 27.9 Å². The molecule has 6 nitrogen and oxygen atoms in total. The SMILES string of the molecule is CCCCCCn1c(C=Cc2ccc(N(c3ccc(OC(C)C)cc3)c3ccc(OC(C)C)cc3)cc2)ccc1-c1cc(F)c(C(=O)O)c(F)c1. The maximum Gasteiger partial charge on any atom is 0.341 e. The van der Waals surface area contributed by atoms with E-state index < -0.39 is 23.2 Å². The lowest BCUT2D eigenvalue weighted by molar-refractivity contribution is 0.0686. The van der Waals surface area contributed by atoms with Gasteiger partial charge in [-0.05, 0) is 131 Å². The van der Waals surface area contributed by atoms with Gasteiger partial charge in [0.15, 0.2) is 0 Å². The van der Waals surface area contributed by atoms with Crippen LogP contribution in [0.15, 0.2) is 97.1 Å². The Kier molecular flexibility index (Phi) is 12.3. The molecule has 0 radical (unpaired) electrons. The van der Waals surface area contributed by atoms with Crippen molar-refractivity contribution in [3.05, 3.63) is 126 Å². The zero-order valence-corrected chi connectivity index (χ0v) is 29.9. The van der Waals surface area contributed by atoms with Crippen LogP contribution in [0.25, 0.3) is 23.4 Å². The molecule has 51 heavy (non-hydrogen) atoms. The van der Waals surface area contributed by atoms with Gasteiger partial charge in [0, 0.05) is 40.6 Å². The van der Waals surface area contributed by atoms with Gasteiger partial charge in [0.1, 0.15) is 28.7 Å². The van der Waals surface area contributed by atoms with Crippen LogP contribution in [0.2, 0.25) is 0 Å². The van der Waals surface area contributed by atoms with E-state index in [9.17, 15) is 18.7 Å². The lowest BCUT2D eigenvalue weighted by Gasteiger charge is -2.26. The zero-order valence-electron chi connectivity index (χ0n) is 29.9. The van der Waals surface area contributed by atoms with Crippen molar-refractivity contribution < 1.29 is 28.2 Å². The van der Waals surface area contributed by atoms with Gasteiger partial charge in [-0.3, -0.25) is 0 Å². The Hall–Kier alpha value is -5.37. The van der Waals surface area contributed by atoms with E-state index in [1.165, 1.54) is 0 Å². The normalized spacial score (nSPS) is 11.5. The molecule has 1 aromatic heterocycles. The van der Waals surface area contributed by atoms with Gasteiger partial charge in [-0.1, -0.05) is 44.4 Å². The summed E-state index contributed by atoms with van der Waals surface area (Å²) in [5, 5.41) is 9.24. The van der Waals surface area contributed by atoms with Crippen molar-refractivity contribution >= 4 is 35.2 Å². The third-order valence-electron chi connectivity index (χ3n) is 8.33. The summed E-state index contributed by atoms with van der Waals surface area (Å²) in [6, 6.07) is 30.3. The Bertz CT molecular complexity index is 1850. The molecule has 266 valence electrons. The van der Waals surface area contributed by atoms with Crippen LogP contribution >= 0.6 is 0 Å². The molecule has 0 spiro atoms. The third kappa shape index (κ3) is 9.45. The molecule has 4 aromatic carbocycles. The lowest BCUT2D eigenvalue weighted by Crippen LogP contribution is -2.11. The number of ether oxygens (including phenoxy) is 2. The van der Waals surface area contributed by atoms with E-state index in [2.05, 4.69) is 36.1 Å². The topological polar surface area (TPSA) is 63.9 Å². The summed E-state index contributed by atoms with van der Waals surface area (Å²) in [5.41, 5.74) is 4.75. The number of carboxylic acid groups (broad SMARTS) is 1. The second kappa shape index (κ2) is 17.0. The van der Waals surface area contributed by atoms with Gasteiger partial charge in [0.25, 0.3) is 0 Å². The molecule has 5 aromatic rings. The molecule has 0 unspecified atom stereocenters. The van der Waals surface area contributed by atoms with Crippen molar-refractivity contribution in [2.75, 3.05) is 4.90 Å². The first kappa shape index (κ1) is 36.9. The van der Waals surface area contributed by atoms with E-state index >= 15 is 0 Å². The summed E-state index contributed by atoms with van der Waals surface area (Å²) in [6.07, 6.45) is 8.26. The third-order valence-corrected chi connectivity index (χ3v) is 8.33. The number of carboxylic acids is 1. The van der Waals surface area contributed by atoms with Crippen LogP contribution in [0.4, 0.5) is 25.8 Å². The molecule has 8 heteroatoms. The first-order valence-corrected chi connectivity index (χ1v) is 17.6. The molecule has 0 amide bonds. The molecule has 0 aliphatic rings. The number of nitrogens with zero attached hydrogens (tertiary/aromatic N) is 2. The van der Waals surface area contributed by atoms with Crippen molar-refractivity contribution in [2.45, 2.75) is 79.1 Å². The maximum absolute atomic E-state index is 14.7. The Labute approximate surface area is 299 Å². The highest BCUT2D eigenvalue weighted by Gasteiger charge is 2.20. The van der Waals surface area contributed by atoms with Crippen LogP contribution in [-0.2, 0) is 6.54 Å². The summed E-state index contributed by atoms with van der Waals surface area (Å²) >= 11 is 0. The molecule has 5 rings (SSSR count). The monoisotopic (exact) mass is 692 g/mol. The summed E-state index contributed by atoms with van der Waals surface area (Å²) in [5.74, 6) is -2.21. The highest BCUT2D eigenvalue weighted by atomic mass is 19.1. The minimum absolute atomic E-state index is 0.0768. The summed E-state index contributed by atoms with van der Waals surface area (Å²) in [7, 11) is 0. The number of anilines is 3. The summed E-state index contributed by atoms with van der Waals surface area (Å²) in [6.45, 7) is 10.8. The molecule has 0 saturated heterocycles. The standard InChI is InChI=1S/C43H46F2N2O4/c1-6-7-8-9-26-46-33(20-25-41(46)32-27-39(44)42(43(48)49)40(45)28-32)13-10-31-11-14-34(15-12-31)47(35-16-21-37(22-17-35)50-29(2)3)36-18-23-38(24-19-36)51-30(4)5/h10-25,27-30H,6-9,26H2,1-5H3,(H,48,49). The number of carbonyl (C=O) groups is 1. The van der Waals surface area contributed by atoms with Gasteiger partial charge in [-0.25, -0.2) is 13.6 Å². The second-order valence-corrected chi connectivity index (χ2v) is 13.1. The summed E-state index contributed by atoms with van der Waals surface area (Å²) < 4.78 is 43.2. The number of hydrogen-bond acceptors (Lipinski definition) is 4. The highest BCUT2D eigenvalue weighted by Crippen LogP contribution is 2.37. The number of rotatable bonds is 16. The Morgan fingerprint density at radius 1 is 0.725 bits per heavy atom. The number of aromatic nitrogens is 1. The van der Waals surface area contributed by atoms with Crippen molar-refractivity contribution in [2.24, 2.45) is 0 Å². The van der Waals surface area contributed by atoms with Gasteiger partial charge < -0.3 is 24.0 Å². The second-order valence-electron chi connectivity index (χ2n) is 13.1. The van der Waals surface area contributed by atoms with E-state index in [1.807, 2.05) is 105 Å². The van der Waals surface area contributed by atoms with Gasteiger partial charge in [-0.2, -0.15) is 0 Å². The fraction of sp³-hybridized carbons (Fsp3) is 0.279. The Morgan fingerprint density at radius 2 is 1.24 bits per heavy atom. The zero-order chi connectivity index (χ0) is 36.5. The Morgan fingerprint density at radius 3 is 1.71 bits per heavy atom. The van der Waals surface area contributed by atoms with Gasteiger partial charge in [0.2, 0.25) is 0 Å². The molecule has 0 atom stereocenters. The van der Waals surface area contributed by atoms with Crippen LogP contribution in [0.5, 0.6) is 11.5 Å². The van der Waals surface area contributed by atoms with E-state index in [4.69, 9.17) is 9.47 Å².